The van der Waals surface area contributed by atoms with E-state index >= 15 is 0 Å². The molecule has 19 heavy (non-hydrogen) atoms. The van der Waals surface area contributed by atoms with Crippen LogP contribution in [-0.2, 0) is 20.9 Å². The fourth-order valence-electron chi connectivity index (χ4n) is 1.50. The molecule has 0 aliphatic heterocycles. The third-order valence-electron chi connectivity index (χ3n) is 2.34. The van der Waals surface area contributed by atoms with Gasteiger partial charge in [-0.15, -0.1) is 0 Å². The molecule has 6 heteroatoms. The maximum absolute atomic E-state index is 11.8. The Labute approximate surface area is 146 Å². The SMILES string of the molecule is COC[C@@H](NC(C)=O)C(=O)NCc1ccccc1.[Ca+2].[H-].[H-]. The predicted molar refractivity (Wildman–Crippen MR) is 75.7 cm³/mol. The summed E-state index contributed by atoms with van der Waals surface area (Å²) in [5.41, 5.74) is 1.00. The predicted octanol–water partition coefficient (Wildman–Crippen LogP) is 0.298. The Morgan fingerprint density at radius 3 is 2.47 bits per heavy atom. The van der Waals surface area contributed by atoms with Gasteiger partial charge in [0.2, 0.25) is 11.8 Å². The average Bonchev–Trinajstić information content (AvgIpc) is 2.36. The molecule has 0 bridgehead atoms. The van der Waals surface area contributed by atoms with Crippen LogP contribution < -0.4 is 10.6 Å². The molecule has 2 amide bonds. The van der Waals surface area contributed by atoms with E-state index < -0.39 is 6.04 Å². The van der Waals surface area contributed by atoms with Crippen molar-refractivity contribution in [2.75, 3.05) is 13.7 Å². The van der Waals surface area contributed by atoms with Crippen molar-refractivity contribution in [1.29, 1.82) is 0 Å². The van der Waals surface area contributed by atoms with Crippen LogP contribution >= 0.6 is 0 Å². The second-order valence-corrected chi connectivity index (χ2v) is 3.91. The molecule has 2 N–H and O–H groups in total. The van der Waals surface area contributed by atoms with Crippen molar-refractivity contribution in [1.82, 2.24) is 10.6 Å². The van der Waals surface area contributed by atoms with Crippen molar-refractivity contribution in [2.24, 2.45) is 0 Å². The first kappa shape index (κ1) is 18.4. The zero-order valence-corrected chi connectivity index (χ0v) is 13.5. The van der Waals surface area contributed by atoms with Crippen LogP contribution in [0.5, 0.6) is 0 Å². The van der Waals surface area contributed by atoms with Crippen LogP contribution in [-0.4, -0.2) is 69.3 Å². The minimum absolute atomic E-state index is 0. The van der Waals surface area contributed by atoms with Crippen molar-refractivity contribution < 1.29 is 17.2 Å². The Morgan fingerprint density at radius 1 is 1.32 bits per heavy atom. The Balaban J connectivity index is -0.00000108. The van der Waals surface area contributed by atoms with Crippen molar-refractivity contribution >= 4 is 49.6 Å². The summed E-state index contributed by atoms with van der Waals surface area (Å²) in [6.45, 7) is 1.95. The van der Waals surface area contributed by atoms with Gasteiger partial charge in [-0.2, -0.15) is 0 Å². The van der Waals surface area contributed by atoms with Gasteiger partial charge in [0.1, 0.15) is 6.04 Å². The molecule has 0 aromatic heterocycles. The fourth-order valence-corrected chi connectivity index (χ4v) is 1.50. The molecule has 0 spiro atoms. The molecule has 102 valence electrons. The van der Waals surface area contributed by atoms with Gasteiger partial charge in [0.25, 0.3) is 0 Å². The van der Waals surface area contributed by atoms with Gasteiger partial charge in [0.15, 0.2) is 0 Å². The maximum atomic E-state index is 11.8. The van der Waals surface area contributed by atoms with Crippen LogP contribution in [0.15, 0.2) is 30.3 Å². The summed E-state index contributed by atoms with van der Waals surface area (Å²) in [6.07, 6.45) is 0. The summed E-state index contributed by atoms with van der Waals surface area (Å²) in [6, 6.07) is 8.91. The molecular weight excluding hydrogens is 272 g/mol. The van der Waals surface area contributed by atoms with E-state index in [4.69, 9.17) is 4.74 Å². The number of carbonyl (C=O) groups is 2. The van der Waals surface area contributed by atoms with Gasteiger partial charge in [0.05, 0.1) is 6.61 Å². The monoisotopic (exact) mass is 292 g/mol. The smallest absolute Gasteiger partial charge is 1.00 e. The van der Waals surface area contributed by atoms with E-state index in [0.29, 0.717) is 6.54 Å². The molecule has 0 saturated carbocycles. The minimum Gasteiger partial charge on any atom is -1.00 e. The molecule has 0 radical (unpaired) electrons. The summed E-state index contributed by atoms with van der Waals surface area (Å²) < 4.78 is 4.90. The number of benzene rings is 1. The van der Waals surface area contributed by atoms with Crippen molar-refractivity contribution in [3.05, 3.63) is 35.9 Å². The Kier molecular flexibility index (Phi) is 9.87. The normalized spacial score (nSPS) is 11.1. The second-order valence-electron chi connectivity index (χ2n) is 3.91. The van der Waals surface area contributed by atoms with Gasteiger partial charge in [-0.3, -0.25) is 9.59 Å². The van der Waals surface area contributed by atoms with Crippen LogP contribution in [0, 0.1) is 0 Å². The summed E-state index contributed by atoms with van der Waals surface area (Å²) in [5.74, 6) is -0.511. The first-order valence-electron chi connectivity index (χ1n) is 5.71. The van der Waals surface area contributed by atoms with E-state index in [1.807, 2.05) is 30.3 Å². The van der Waals surface area contributed by atoms with E-state index in [1.165, 1.54) is 14.0 Å². The topological polar surface area (TPSA) is 67.4 Å². The minimum atomic E-state index is -0.656. The third-order valence-corrected chi connectivity index (χ3v) is 2.34. The summed E-state index contributed by atoms with van der Waals surface area (Å²) >= 11 is 0. The van der Waals surface area contributed by atoms with Crippen LogP contribution in [0.4, 0.5) is 0 Å². The summed E-state index contributed by atoms with van der Waals surface area (Å²) in [4.78, 5) is 22.8. The van der Waals surface area contributed by atoms with E-state index in [-0.39, 0.29) is 59.0 Å². The van der Waals surface area contributed by atoms with E-state index in [2.05, 4.69) is 10.6 Å². The molecule has 0 heterocycles. The molecule has 1 rings (SSSR count). The summed E-state index contributed by atoms with van der Waals surface area (Å²) in [5, 5.41) is 5.30. The molecule has 0 fully saturated rings. The molecular formula is C13H20CaN2O3. The number of nitrogens with one attached hydrogen (secondary N) is 2. The Bertz CT molecular complexity index is 408. The average molecular weight is 292 g/mol. The molecule has 0 aliphatic rings. The van der Waals surface area contributed by atoms with Crippen LogP contribution in [0.25, 0.3) is 0 Å². The Hall–Kier alpha value is -0.620. The van der Waals surface area contributed by atoms with Crippen LogP contribution in [0.3, 0.4) is 0 Å². The number of hydrogen-bond acceptors (Lipinski definition) is 3. The number of carbonyl (C=O) groups excluding carboxylic acids is 2. The largest absolute Gasteiger partial charge is 2.00 e. The summed E-state index contributed by atoms with van der Waals surface area (Å²) in [7, 11) is 1.49. The number of rotatable bonds is 6. The van der Waals surface area contributed by atoms with Crippen molar-refractivity contribution in [2.45, 2.75) is 19.5 Å². The van der Waals surface area contributed by atoms with Crippen molar-refractivity contribution in [3.8, 4) is 0 Å². The van der Waals surface area contributed by atoms with E-state index in [9.17, 15) is 9.59 Å². The third kappa shape index (κ3) is 7.52. The fraction of sp³-hybridized carbons (Fsp3) is 0.385. The number of ether oxygens (including phenoxy) is 1. The second kappa shape index (κ2) is 10.2. The zero-order valence-electron chi connectivity index (χ0n) is 13.3. The molecule has 0 unspecified atom stereocenters. The Morgan fingerprint density at radius 2 is 1.95 bits per heavy atom. The molecule has 1 aromatic rings. The van der Waals surface area contributed by atoms with Gasteiger partial charge >= 0.3 is 37.7 Å². The van der Waals surface area contributed by atoms with Gasteiger partial charge < -0.3 is 18.2 Å². The van der Waals surface area contributed by atoms with Gasteiger partial charge in [-0.25, -0.2) is 0 Å². The van der Waals surface area contributed by atoms with Crippen molar-refractivity contribution in [3.63, 3.8) is 0 Å². The first-order chi connectivity index (χ1) is 8.63. The zero-order chi connectivity index (χ0) is 13.4. The molecule has 1 aromatic carbocycles. The van der Waals surface area contributed by atoms with Gasteiger partial charge in [-0.1, -0.05) is 30.3 Å². The number of hydrogen-bond donors (Lipinski definition) is 2. The number of amides is 2. The van der Waals surface area contributed by atoms with Gasteiger partial charge in [0, 0.05) is 20.6 Å². The molecule has 0 saturated heterocycles. The van der Waals surface area contributed by atoms with Crippen LogP contribution in [0.2, 0.25) is 0 Å². The van der Waals surface area contributed by atoms with E-state index in [0.717, 1.165) is 5.56 Å². The quantitative estimate of drug-likeness (QED) is 0.741. The first-order valence-corrected chi connectivity index (χ1v) is 5.71. The number of methoxy groups -OCH3 is 1. The molecule has 0 aliphatic carbocycles. The van der Waals surface area contributed by atoms with E-state index in [1.54, 1.807) is 0 Å². The molecule has 1 atom stereocenters. The van der Waals surface area contributed by atoms with Crippen LogP contribution in [0.1, 0.15) is 15.3 Å². The molecule has 5 nitrogen and oxygen atoms in total. The maximum Gasteiger partial charge on any atom is 2.00 e. The standard InChI is InChI=1S/C13H18N2O3.Ca.2H/c1-10(16)15-12(9-18-2)13(17)14-8-11-6-4-3-5-7-11;;;/h3-7,12H,8-9H2,1-2H3,(H,14,17)(H,15,16);;;/q;+2;2*-1/t12-;;;/m1.../s1. The van der Waals surface area contributed by atoms with Gasteiger partial charge in [-0.05, 0) is 5.56 Å².